The van der Waals surface area contributed by atoms with E-state index in [1.807, 2.05) is 31.2 Å². The zero-order chi connectivity index (χ0) is 25.5. The summed E-state index contributed by atoms with van der Waals surface area (Å²) in [5.41, 5.74) is 1.26. The van der Waals surface area contributed by atoms with Crippen LogP contribution in [0.3, 0.4) is 0 Å². The van der Waals surface area contributed by atoms with Crippen LogP contribution in [-0.2, 0) is 29.2 Å². The number of aryl methyl sites for hydroxylation is 1. The number of nitrogens with one attached hydrogen (secondary N) is 2. The molecule has 0 saturated heterocycles. The molecule has 0 spiro atoms. The molecule has 0 aliphatic carbocycles. The smallest absolute Gasteiger partial charge is 0.331 e. The topological polar surface area (TPSA) is 115 Å². The average Bonchev–Trinajstić information content (AvgIpc) is 3.40. The molecular formula is C27H28N4O5. The molecule has 186 valence electrons. The Morgan fingerprint density at radius 3 is 2.42 bits per heavy atom. The first-order valence-corrected chi connectivity index (χ1v) is 11.8. The van der Waals surface area contributed by atoms with E-state index in [-0.39, 0.29) is 37.9 Å². The van der Waals surface area contributed by atoms with Gasteiger partial charge in [-0.15, -0.1) is 0 Å². The summed E-state index contributed by atoms with van der Waals surface area (Å²) >= 11 is 0. The number of unbranched alkanes of at least 4 members (excludes halogenated alkanes) is 1. The number of aromatic nitrogens is 2. The normalized spacial score (nSPS) is 10.9. The summed E-state index contributed by atoms with van der Waals surface area (Å²) in [7, 11) is 0. The second-order valence-corrected chi connectivity index (χ2v) is 8.57. The van der Waals surface area contributed by atoms with Crippen LogP contribution in [0.25, 0.3) is 10.9 Å². The third-order valence-corrected chi connectivity index (χ3v) is 5.84. The minimum absolute atomic E-state index is 0.129. The summed E-state index contributed by atoms with van der Waals surface area (Å²) in [4.78, 5) is 51.0. The molecule has 9 heteroatoms. The van der Waals surface area contributed by atoms with Crippen LogP contribution in [0.4, 0.5) is 5.69 Å². The van der Waals surface area contributed by atoms with Gasteiger partial charge in [0.25, 0.3) is 5.56 Å². The molecule has 0 aliphatic heterocycles. The van der Waals surface area contributed by atoms with Crippen molar-refractivity contribution < 1.29 is 14.0 Å². The molecular weight excluding hydrogens is 460 g/mol. The van der Waals surface area contributed by atoms with Crippen LogP contribution in [0.15, 0.2) is 80.9 Å². The van der Waals surface area contributed by atoms with Crippen molar-refractivity contribution in [3.05, 3.63) is 99.1 Å². The average molecular weight is 489 g/mol. The summed E-state index contributed by atoms with van der Waals surface area (Å²) in [6, 6.07) is 17.7. The predicted molar refractivity (Wildman–Crippen MR) is 137 cm³/mol. The Bertz CT molecular complexity index is 1470. The zero-order valence-corrected chi connectivity index (χ0v) is 20.0. The van der Waals surface area contributed by atoms with E-state index in [9.17, 15) is 19.2 Å². The Hall–Kier alpha value is -4.40. The van der Waals surface area contributed by atoms with Crippen molar-refractivity contribution in [3.8, 4) is 0 Å². The number of anilines is 1. The van der Waals surface area contributed by atoms with E-state index in [4.69, 9.17) is 4.42 Å². The van der Waals surface area contributed by atoms with Crippen molar-refractivity contribution in [2.24, 2.45) is 0 Å². The minimum Gasteiger partial charge on any atom is -0.467 e. The molecule has 36 heavy (non-hydrogen) atoms. The third-order valence-electron chi connectivity index (χ3n) is 5.84. The molecule has 0 radical (unpaired) electrons. The van der Waals surface area contributed by atoms with Crippen LogP contribution in [0.5, 0.6) is 0 Å². The summed E-state index contributed by atoms with van der Waals surface area (Å²) in [6.45, 7) is 2.08. The van der Waals surface area contributed by atoms with E-state index in [0.717, 1.165) is 15.8 Å². The van der Waals surface area contributed by atoms with Crippen LogP contribution in [0.2, 0.25) is 0 Å². The van der Waals surface area contributed by atoms with Gasteiger partial charge >= 0.3 is 5.69 Å². The van der Waals surface area contributed by atoms with Gasteiger partial charge < -0.3 is 15.1 Å². The van der Waals surface area contributed by atoms with Crippen molar-refractivity contribution in [1.29, 1.82) is 0 Å². The molecule has 4 aromatic rings. The first-order valence-electron chi connectivity index (χ1n) is 11.8. The number of rotatable bonds is 10. The van der Waals surface area contributed by atoms with Crippen LogP contribution >= 0.6 is 0 Å². The Morgan fingerprint density at radius 1 is 0.889 bits per heavy atom. The van der Waals surface area contributed by atoms with E-state index in [0.29, 0.717) is 29.5 Å². The van der Waals surface area contributed by atoms with Gasteiger partial charge in [-0.3, -0.25) is 23.5 Å². The van der Waals surface area contributed by atoms with E-state index in [1.165, 1.54) is 10.8 Å². The quantitative estimate of drug-likeness (QED) is 0.333. The Morgan fingerprint density at radius 2 is 1.67 bits per heavy atom. The molecule has 0 saturated carbocycles. The minimum atomic E-state index is -0.559. The number of hydrogen-bond donors (Lipinski definition) is 2. The van der Waals surface area contributed by atoms with Crippen molar-refractivity contribution in [2.75, 3.05) is 5.32 Å². The van der Waals surface area contributed by atoms with Gasteiger partial charge in [-0.05, 0) is 56.2 Å². The number of para-hydroxylation sites is 1. The van der Waals surface area contributed by atoms with Crippen molar-refractivity contribution in [2.45, 2.75) is 45.8 Å². The van der Waals surface area contributed by atoms with Crippen LogP contribution in [0.1, 0.15) is 30.6 Å². The van der Waals surface area contributed by atoms with Crippen molar-refractivity contribution in [3.63, 3.8) is 0 Å². The van der Waals surface area contributed by atoms with E-state index < -0.39 is 11.2 Å². The molecule has 2 aromatic heterocycles. The van der Waals surface area contributed by atoms with Gasteiger partial charge in [0.15, 0.2) is 0 Å². The maximum atomic E-state index is 13.2. The molecule has 0 atom stereocenters. The molecule has 9 nitrogen and oxygen atoms in total. The largest absolute Gasteiger partial charge is 0.467 e. The first kappa shape index (κ1) is 24.7. The molecule has 4 rings (SSSR count). The van der Waals surface area contributed by atoms with Crippen LogP contribution in [0, 0.1) is 6.92 Å². The van der Waals surface area contributed by atoms with Gasteiger partial charge in [0.2, 0.25) is 11.8 Å². The van der Waals surface area contributed by atoms with E-state index in [2.05, 4.69) is 10.6 Å². The molecule has 0 fully saturated rings. The molecule has 2 amide bonds. The summed E-state index contributed by atoms with van der Waals surface area (Å²) in [6.07, 6.45) is 2.74. The lowest BCUT2D eigenvalue weighted by molar-refractivity contribution is -0.122. The Kier molecular flexibility index (Phi) is 7.79. The number of benzene rings is 2. The first-order chi connectivity index (χ1) is 17.4. The Labute approximate surface area is 207 Å². The highest BCUT2D eigenvalue weighted by molar-refractivity contribution is 5.90. The maximum Gasteiger partial charge on any atom is 0.331 e. The fourth-order valence-electron chi connectivity index (χ4n) is 3.94. The monoisotopic (exact) mass is 488 g/mol. The molecule has 2 N–H and O–H groups in total. The standard InChI is InChI=1S/C27H28N4O5/c1-19-11-13-20(14-12-19)29-24(32)10-4-5-15-30-26(34)22-8-2-3-9-23(22)31(27(30)35)18-25(33)28-17-21-7-6-16-36-21/h2-3,6-9,11-14,16H,4-5,10,15,17-18H2,1H3,(H,28,33)(H,29,32). The molecule has 2 aromatic carbocycles. The predicted octanol–water partition coefficient (Wildman–Crippen LogP) is 3.19. The van der Waals surface area contributed by atoms with Gasteiger partial charge in [-0.25, -0.2) is 4.79 Å². The summed E-state index contributed by atoms with van der Waals surface area (Å²) < 4.78 is 7.66. The third kappa shape index (κ3) is 5.99. The second-order valence-electron chi connectivity index (χ2n) is 8.57. The molecule has 0 aliphatic rings. The number of carbonyl (C=O) groups is 2. The SMILES string of the molecule is Cc1ccc(NC(=O)CCCCn2c(=O)c3ccccc3n(CC(=O)NCc3ccco3)c2=O)cc1. The van der Waals surface area contributed by atoms with E-state index >= 15 is 0 Å². The van der Waals surface area contributed by atoms with Gasteiger partial charge in [-0.2, -0.15) is 0 Å². The highest BCUT2D eigenvalue weighted by Gasteiger charge is 2.15. The fraction of sp³-hybridized carbons (Fsp3) is 0.259. The highest BCUT2D eigenvalue weighted by Crippen LogP contribution is 2.11. The van der Waals surface area contributed by atoms with Gasteiger partial charge in [0, 0.05) is 18.7 Å². The Balaban J connectivity index is 1.43. The lowest BCUT2D eigenvalue weighted by Gasteiger charge is -2.14. The second kappa shape index (κ2) is 11.4. The number of amides is 2. The molecule has 0 unspecified atom stereocenters. The zero-order valence-electron chi connectivity index (χ0n) is 20.0. The number of fused-ring (bicyclic) bond motifs is 1. The van der Waals surface area contributed by atoms with Crippen LogP contribution < -0.4 is 21.9 Å². The number of nitrogens with zero attached hydrogens (tertiary/aromatic N) is 2. The molecule has 2 heterocycles. The fourth-order valence-corrected chi connectivity index (χ4v) is 3.94. The highest BCUT2D eigenvalue weighted by atomic mass is 16.3. The van der Waals surface area contributed by atoms with Crippen molar-refractivity contribution >= 4 is 28.4 Å². The number of hydrogen-bond acceptors (Lipinski definition) is 5. The lowest BCUT2D eigenvalue weighted by atomic mass is 10.2. The molecule has 0 bridgehead atoms. The van der Waals surface area contributed by atoms with Gasteiger partial charge in [0.1, 0.15) is 12.3 Å². The van der Waals surface area contributed by atoms with E-state index in [1.54, 1.807) is 36.4 Å². The summed E-state index contributed by atoms with van der Waals surface area (Å²) in [5.74, 6) is 0.0870. The van der Waals surface area contributed by atoms with Gasteiger partial charge in [0.05, 0.1) is 23.7 Å². The maximum absolute atomic E-state index is 13.2. The van der Waals surface area contributed by atoms with Crippen molar-refractivity contribution in [1.82, 2.24) is 14.5 Å². The van der Waals surface area contributed by atoms with Crippen LogP contribution in [-0.4, -0.2) is 20.9 Å². The lowest BCUT2D eigenvalue weighted by Crippen LogP contribution is -2.42. The summed E-state index contributed by atoms with van der Waals surface area (Å²) in [5, 5.41) is 5.92. The number of furan rings is 1. The van der Waals surface area contributed by atoms with Gasteiger partial charge in [-0.1, -0.05) is 29.8 Å². The number of carbonyl (C=O) groups excluding carboxylic acids is 2.